The number of hydrogen-bond acceptors (Lipinski definition) is 3. The lowest BCUT2D eigenvalue weighted by atomic mass is 10.1. The van der Waals surface area contributed by atoms with Crippen molar-refractivity contribution < 1.29 is 4.79 Å². The van der Waals surface area contributed by atoms with Gasteiger partial charge in [-0.15, -0.1) is 0 Å². The zero-order valence-electron chi connectivity index (χ0n) is 11.1. The second-order valence-electron chi connectivity index (χ2n) is 4.42. The number of thioether (sulfide) groups is 1. The highest BCUT2D eigenvalue weighted by molar-refractivity contribution is 7.99. The third-order valence-electron chi connectivity index (χ3n) is 2.57. The number of carbonyl (C=O) groups excluding carboxylic acids is 1. The molecule has 3 nitrogen and oxygen atoms in total. The number of benzene rings is 1. The van der Waals surface area contributed by atoms with Crippen LogP contribution in [0.5, 0.6) is 0 Å². The number of amides is 1. The first kappa shape index (κ1) is 15.1. The van der Waals surface area contributed by atoms with Crippen molar-refractivity contribution in [3.63, 3.8) is 0 Å². The van der Waals surface area contributed by atoms with E-state index in [0.717, 1.165) is 24.3 Å². The quantitative estimate of drug-likeness (QED) is 0.746. The molecule has 0 radical (unpaired) electrons. The maximum absolute atomic E-state index is 11.7. The Balaban J connectivity index is 2.30. The molecule has 1 unspecified atom stereocenters. The molecule has 0 saturated carbocycles. The Morgan fingerprint density at radius 1 is 1.50 bits per heavy atom. The standard InChI is InChI=1S/C14H22N2OS/c1-3-12-5-4-6-13(9-12)16-14(17)10-18-8-7-11(2)15/h4-6,9,11H,3,7-8,10,15H2,1-2H3,(H,16,17). The smallest absolute Gasteiger partial charge is 0.234 e. The topological polar surface area (TPSA) is 55.1 Å². The average Bonchev–Trinajstić information content (AvgIpc) is 2.34. The van der Waals surface area contributed by atoms with E-state index in [0.29, 0.717) is 5.75 Å². The number of carbonyl (C=O) groups is 1. The molecule has 0 aliphatic carbocycles. The van der Waals surface area contributed by atoms with E-state index in [9.17, 15) is 4.79 Å². The van der Waals surface area contributed by atoms with E-state index in [4.69, 9.17) is 5.73 Å². The van der Waals surface area contributed by atoms with Gasteiger partial charge >= 0.3 is 0 Å². The Morgan fingerprint density at radius 2 is 2.28 bits per heavy atom. The average molecular weight is 266 g/mol. The summed E-state index contributed by atoms with van der Waals surface area (Å²) in [5.41, 5.74) is 7.77. The molecule has 0 fully saturated rings. The highest BCUT2D eigenvalue weighted by Gasteiger charge is 2.03. The minimum atomic E-state index is 0.0536. The van der Waals surface area contributed by atoms with Crippen LogP contribution in [-0.2, 0) is 11.2 Å². The number of anilines is 1. The molecular formula is C14H22N2OS. The largest absolute Gasteiger partial charge is 0.328 e. The third kappa shape index (κ3) is 6.07. The van der Waals surface area contributed by atoms with E-state index in [1.807, 2.05) is 25.1 Å². The number of hydrogen-bond donors (Lipinski definition) is 2. The second kappa shape index (κ2) is 8.16. The summed E-state index contributed by atoms with van der Waals surface area (Å²) in [5.74, 6) is 1.47. The molecule has 1 rings (SSSR count). The lowest BCUT2D eigenvalue weighted by Crippen LogP contribution is -2.17. The molecule has 0 bridgehead atoms. The van der Waals surface area contributed by atoms with Crippen molar-refractivity contribution >= 4 is 23.4 Å². The van der Waals surface area contributed by atoms with Crippen molar-refractivity contribution in [3.8, 4) is 0 Å². The van der Waals surface area contributed by atoms with Gasteiger partial charge in [0.15, 0.2) is 0 Å². The van der Waals surface area contributed by atoms with E-state index in [-0.39, 0.29) is 11.9 Å². The molecule has 0 spiro atoms. The molecule has 1 aromatic carbocycles. The predicted octanol–water partition coefficient (Wildman–Crippen LogP) is 2.66. The predicted molar refractivity (Wildman–Crippen MR) is 80.0 cm³/mol. The van der Waals surface area contributed by atoms with Crippen molar-refractivity contribution in [1.29, 1.82) is 0 Å². The summed E-state index contributed by atoms with van der Waals surface area (Å²) in [6.07, 6.45) is 1.93. The van der Waals surface area contributed by atoms with Gasteiger partial charge in [-0.25, -0.2) is 0 Å². The van der Waals surface area contributed by atoms with Crippen LogP contribution < -0.4 is 11.1 Å². The molecule has 1 atom stereocenters. The van der Waals surface area contributed by atoms with Crippen LogP contribution in [0.25, 0.3) is 0 Å². The monoisotopic (exact) mass is 266 g/mol. The van der Waals surface area contributed by atoms with Crippen LogP contribution >= 0.6 is 11.8 Å². The number of nitrogens with two attached hydrogens (primary N) is 1. The van der Waals surface area contributed by atoms with E-state index in [2.05, 4.69) is 18.3 Å². The summed E-state index contributed by atoms with van der Waals surface area (Å²) in [5, 5.41) is 2.91. The fourth-order valence-electron chi connectivity index (χ4n) is 1.50. The van der Waals surface area contributed by atoms with Crippen LogP contribution in [-0.4, -0.2) is 23.5 Å². The Labute approximate surface area is 114 Å². The summed E-state index contributed by atoms with van der Waals surface area (Å²) in [6.45, 7) is 4.08. The second-order valence-corrected chi connectivity index (χ2v) is 5.53. The van der Waals surface area contributed by atoms with Crippen LogP contribution in [0.1, 0.15) is 25.8 Å². The number of rotatable bonds is 7. The first-order valence-corrected chi connectivity index (χ1v) is 7.49. The van der Waals surface area contributed by atoms with Crippen molar-refractivity contribution in [2.45, 2.75) is 32.7 Å². The Hall–Kier alpha value is -1.00. The van der Waals surface area contributed by atoms with Gasteiger partial charge in [0.05, 0.1) is 5.75 Å². The van der Waals surface area contributed by atoms with Crippen LogP contribution in [0.15, 0.2) is 24.3 Å². The highest BCUT2D eigenvalue weighted by atomic mass is 32.2. The molecule has 100 valence electrons. The zero-order valence-corrected chi connectivity index (χ0v) is 11.9. The van der Waals surface area contributed by atoms with Gasteiger partial charge in [0.25, 0.3) is 0 Å². The summed E-state index contributed by atoms with van der Waals surface area (Å²) >= 11 is 1.63. The summed E-state index contributed by atoms with van der Waals surface area (Å²) in [7, 11) is 0. The van der Waals surface area contributed by atoms with E-state index >= 15 is 0 Å². The SMILES string of the molecule is CCc1cccc(NC(=O)CSCCC(C)N)c1. The number of nitrogens with one attached hydrogen (secondary N) is 1. The highest BCUT2D eigenvalue weighted by Crippen LogP contribution is 2.12. The fourth-order valence-corrected chi connectivity index (χ4v) is 2.44. The summed E-state index contributed by atoms with van der Waals surface area (Å²) < 4.78 is 0. The van der Waals surface area contributed by atoms with Gasteiger partial charge in [0.2, 0.25) is 5.91 Å². The third-order valence-corrected chi connectivity index (χ3v) is 3.56. The molecule has 0 heterocycles. The fraction of sp³-hybridized carbons (Fsp3) is 0.500. The lowest BCUT2D eigenvalue weighted by molar-refractivity contribution is -0.113. The van der Waals surface area contributed by atoms with Gasteiger partial charge in [-0.1, -0.05) is 19.1 Å². The van der Waals surface area contributed by atoms with Gasteiger partial charge in [0, 0.05) is 11.7 Å². The van der Waals surface area contributed by atoms with Crippen molar-refractivity contribution in [2.24, 2.45) is 5.73 Å². The normalized spacial score (nSPS) is 12.2. The Morgan fingerprint density at radius 3 is 2.94 bits per heavy atom. The molecule has 18 heavy (non-hydrogen) atoms. The Kier molecular flexibility index (Phi) is 6.83. The van der Waals surface area contributed by atoms with Gasteiger partial charge in [-0.3, -0.25) is 4.79 Å². The van der Waals surface area contributed by atoms with Crippen molar-refractivity contribution in [2.75, 3.05) is 16.8 Å². The zero-order chi connectivity index (χ0) is 13.4. The molecule has 1 amide bonds. The van der Waals surface area contributed by atoms with Crippen LogP contribution in [0.2, 0.25) is 0 Å². The first-order chi connectivity index (χ1) is 8.61. The van der Waals surface area contributed by atoms with E-state index in [1.54, 1.807) is 11.8 Å². The van der Waals surface area contributed by atoms with Crippen LogP contribution in [0, 0.1) is 0 Å². The molecule has 1 aromatic rings. The Bertz CT molecular complexity index is 380. The van der Waals surface area contributed by atoms with E-state index in [1.165, 1.54) is 5.56 Å². The molecule has 4 heteroatoms. The molecule has 0 aromatic heterocycles. The first-order valence-electron chi connectivity index (χ1n) is 6.34. The maximum atomic E-state index is 11.7. The van der Waals surface area contributed by atoms with Gasteiger partial charge in [-0.2, -0.15) is 11.8 Å². The molecule has 0 aliphatic heterocycles. The maximum Gasteiger partial charge on any atom is 0.234 e. The van der Waals surface area contributed by atoms with Gasteiger partial charge in [0.1, 0.15) is 0 Å². The molecule has 0 saturated heterocycles. The molecule has 3 N–H and O–H groups in total. The van der Waals surface area contributed by atoms with Crippen molar-refractivity contribution in [1.82, 2.24) is 0 Å². The minimum absolute atomic E-state index is 0.0536. The van der Waals surface area contributed by atoms with Crippen molar-refractivity contribution in [3.05, 3.63) is 29.8 Å². The number of aryl methyl sites for hydroxylation is 1. The van der Waals surface area contributed by atoms with Crippen LogP contribution in [0.4, 0.5) is 5.69 Å². The summed E-state index contributed by atoms with van der Waals surface area (Å²) in [4.78, 5) is 11.7. The summed E-state index contributed by atoms with van der Waals surface area (Å²) in [6, 6.07) is 8.18. The molecular weight excluding hydrogens is 244 g/mol. The van der Waals surface area contributed by atoms with Gasteiger partial charge in [-0.05, 0) is 43.2 Å². The van der Waals surface area contributed by atoms with Gasteiger partial charge < -0.3 is 11.1 Å². The van der Waals surface area contributed by atoms with E-state index < -0.39 is 0 Å². The molecule has 0 aliphatic rings. The minimum Gasteiger partial charge on any atom is -0.328 e. The lowest BCUT2D eigenvalue weighted by Gasteiger charge is -2.07. The van der Waals surface area contributed by atoms with Crippen LogP contribution in [0.3, 0.4) is 0 Å².